The Morgan fingerprint density at radius 2 is 1.89 bits per heavy atom. The molecular formula is C22H21F3N4O5S. The SMILES string of the molecule is O=C(CO[C@@H]1[C@H](n2cc(-c3cc(F)c(F)c(F)c3)nn2)[C@@H](O)[C@@H](S)O[C@@H]1CO)Nc1ccccc1. The molecule has 0 bridgehead atoms. The first-order valence-corrected chi connectivity index (χ1v) is 11.0. The number of para-hydroxylation sites is 1. The van der Waals surface area contributed by atoms with E-state index in [9.17, 15) is 28.2 Å². The Bertz CT molecular complexity index is 1160. The number of nitrogens with zero attached hydrogens (tertiary/aromatic N) is 3. The Morgan fingerprint density at radius 1 is 1.20 bits per heavy atom. The van der Waals surface area contributed by atoms with Crippen molar-refractivity contribution < 1.29 is 37.7 Å². The second kappa shape index (κ2) is 10.7. The summed E-state index contributed by atoms with van der Waals surface area (Å²) in [7, 11) is 0. The van der Waals surface area contributed by atoms with Gasteiger partial charge in [-0.2, -0.15) is 0 Å². The first kappa shape index (κ1) is 25.1. The number of aliphatic hydroxyl groups is 2. The predicted octanol–water partition coefficient (Wildman–Crippen LogP) is 1.94. The highest BCUT2D eigenvalue weighted by molar-refractivity contribution is 7.80. The second-order valence-corrected chi connectivity index (χ2v) is 8.27. The summed E-state index contributed by atoms with van der Waals surface area (Å²) in [5.74, 6) is -4.92. The van der Waals surface area contributed by atoms with E-state index >= 15 is 0 Å². The number of anilines is 1. The Morgan fingerprint density at radius 3 is 2.54 bits per heavy atom. The van der Waals surface area contributed by atoms with Crippen LogP contribution in [0.25, 0.3) is 11.3 Å². The van der Waals surface area contributed by atoms with Gasteiger partial charge in [0.2, 0.25) is 5.91 Å². The molecule has 0 aliphatic carbocycles. The molecule has 13 heteroatoms. The van der Waals surface area contributed by atoms with E-state index < -0.39 is 66.4 Å². The van der Waals surface area contributed by atoms with E-state index in [1.54, 1.807) is 30.3 Å². The molecule has 2 aromatic carbocycles. The van der Waals surface area contributed by atoms with E-state index in [-0.39, 0.29) is 11.3 Å². The van der Waals surface area contributed by atoms with Crippen LogP contribution < -0.4 is 5.32 Å². The number of hydrogen-bond donors (Lipinski definition) is 4. The number of thiol groups is 1. The van der Waals surface area contributed by atoms with Crippen molar-refractivity contribution in [2.45, 2.75) is 29.8 Å². The fourth-order valence-corrected chi connectivity index (χ4v) is 4.06. The van der Waals surface area contributed by atoms with Gasteiger partial charge in [-0.3, -0.25) is 4.79 Å². The first-order valence-electron chi connectivity index (χ1n) is 10.4. The second-order valence-electron chi connectivity index (χ2n) is 7.76. The molecule has 1 aromatic heterocycles. The van der Waals surface area contributed by atoms with Gasteiger partial charge in [0.15, 0.2) is 17.5 Å². The molecule has 5 atom stereocenters. The largest absolute Gasteiger partial charge is 0.394 e. The van der Waals surface area contributed by atoms with Crippen LogP contribution in [0.5, 0.6) is 0 Å². The lowest BCUT2D eigenvalue weighted by Gasteiger charge is -2.42. The van der Waals surface area contributed by atoms with Crippen LogP contribution in [0.15, 0.2) is 48.7 Å². The summed E-state index contributed by atoms with van der Waals surface area (Å²) in [5, 5.41) is 31.0. The van der Waals surface area contributed by atoms with Gasteiger partial charge in [-0.15, -0.1) is 17.7 Å². The number of aromatic nitrogens is 3. The van der Waals surface area contributed by atoms with E-state index in [0.717, 1.165) is 16.8 Å². The highest BCUT2D eigenvalue weighted by Crippen LogP contribution is 2.34. The van der Waals surface area contributed by atoms with Crippen molar-refractivity contribution in [3.05, 3.63) is 66.1 Å². The highest BCUT2D eigenvalue weighted by atomic mass is 32.1. The summed E-state index contributed by atoms with van der Waals surface area (Å²) in [6.07, 6.45) is -2.15. The van der Waals surface area contributed by atoms with Gasteiger partial charge in [0, 0.05) is 11.3 Å². The number of nitrogens with one attached hydrogen (secondary N) is 1. The number of ether oxygens (including phenoxy) is 2. The molecule has 35 heavy (non-hydrogen) atoms. The lowest BCUT2D eigenvalue weighted by Crippen LogP contribution is -2.55. The van der Waals surface area contributed by atoms with Crippen molar-refractivity contribution in [3.63, 3.8) is 0 Å². The molecule has 3 N–H and O–H groups in total. The quantitative estimate of drug-likeness (QED) is 0.283. The van der Waals surface area contributed by atoms with Gasteiger partial charge in [-0.1, -0.05) is 23.4 Å². The van der Waals surface area contributed by atoms with E-state index in [1.807, 2.05) is 0 Å². The van der Waals surface area contributed by atoms with Gasteiger partial charge in [-0.05, 0) is 24.3 Å². The molecule has 0 unspecified atom stereocenters. The average molecular weight is 510 g/mol. The van der Waals surface area contributed by atoms with Crippen LogP contribution in [0.3, 0.4) is 0 Å². The van der Waals surface area contributed by atoms with Gasteiger partial charge in [0.1, 0.15) is 42.1 Å². The van der Waals surface area contributed by atoms with Crippen molar-refractivity contribution in [1.29, 1.82) is 0 Å². The van der Waals surface area contributed by atoms with Gasteiger partial charge < -0.3 is 25.0 Å². The van der Waals surface area contributed by atoms with Gasteiger partial charge >= 0.3 is 0 Å². The predicted molar refractivity (Wildman–Crippen MR) is 120 cm³/mol. The molecule has 186 valence electrons. The number of hydrogen-bond acceptors (Lipinski definition) is 8. The van der Waals surface area contributed by atoms with E-state index in [1.165, 1.54) is 6.20 Å². The van der Waals surface area contributed by atoms with Crippen molar-refractivity contribution in [3.8, 4) is 11.3 Å². The zero-order valence-electron chi connectivity index (χ0n) is 18.0. The third-order valence-corrected chi connectivity index (χ3v) is 5.83. The molecule has 1 fully saturated rings. The number of halogens is 3. The minimum atomic E-state index is -1.62. The van der Waals surface area contributed by atoms with Crippen LogP contribution in [0, 0.1) is 17.5 Å². The van der Waals surface area contributed by atoms with Crippen LogP contribution in [-0.2, 0) is 14.3 Å². The number of aliphatic hydroxyl groups excluding tert-OH is 2. The molecule has 0 spiro atoms. The zero-order chi connectivity index (χ0) is 25.1. The number of benzene rings is 2. The molecule has 1 saturated heterocycles. The molecule has 2 heterocycles. The Hall–Kier alpha value is -2.97. The summed E-state index contributed by atoms with van der Waals surface area (Å²) >= 11 is 4.19. The minimum Gasteiger partial charge on any atom is -0.394 e. The summed E-state index contributed by atoms with van der Waals surface area (Å²) in [6, 6.07) is 9.12. The van der Waals surface area contributed by atoms with Crippen LogP contribution >= 0.6 is 12.6 Å². The number of carbonyl (C=O) groups excluding carboxylic acids is 1. The van der Waals surface area contributed by atoms with Crippen molar-refractivity contribution in [1.82, 2.24) is 15.0 Å². The summed E-state index contributed by atoms with van der Waals surface area (Å²) in [4.78, 5) is 12.4. The van der Waals surface area contributed by atoms with Crippen molar-refractivity contribution in [2.24, 2.45) is 0 Å². The van der Waals surface area contributed by atoms with Gasteiger partial charge in [0.05, 0.1) is 12.8 Å². The first-order chi connectivity index (χ1) is 16.8. The van der Waals surface area contributed by atoms with E-state index in [0.29, 0.717) is 5.69 Å². The standard InChI is InChI=1S/C22H21F3N4O5S/c23-13-6-11(7-14(24)18(13)25)15-8-29(28-27-15)19-20(32)22(35)34-16(9-30)21(19)33-10-17(31)26-12-4-2-1-3-5-12/h1-8,16,19-22,30,32,35H,9-10H2,(H,26,31)/t16-,19-,20-,21+,22-/m1/s1. The monoisotopic (exact) mass is 510 g/mol. The smallest absolute Gasteiger partial charge is 0.250 e. The number of rotatable bonds is 7. The van der Waals surface area contributed by atoms with Crippen LogP contribution in [0.4, 0.5) is 18.9 Å². The molecule has 1 aliphatic rings. The van der Waals surface area contributed by atoms with Gasteiger partial charge in [0.25, 0.3) is 0 Å². The Balaban J connectivity index is 1.57. The summed E-state index contributed by atoms with van der Waals surface area (Å²) < 4.78 is 53.0. The van der Waals surface area contributed by atoms with Gasteiger partial charge in [-0.25, -0.2) is 17.9 Å². The molecule has 3 aromatic rings. The minimum absolute atomic E-state index is 0.0154. The van der Waals surface area contributed by atoms with E-state index in [2.05, 4.69) is 28.3 Å². The fraction of sp³-hybridized carbons (Fsp3) is 0.318. The summed E-state index contributed by atoms with van der Waals surface area (Å²) in [5.41, 5.74) is -0.608. The molecule has 1 amide bonds. The molecule has 1 aliphatic heterocycles. The van der Waals surface area contributed by atoms with Crippen molar-refractivity contribution in [2.75, 3.05) is 18.5 Å². The molecule has 0 saturated carbocycles. The normalized spacial score (nSPS) is 24.3. The van der Waals surface area contributed by atoms with Crippen LogP contribution in [0.1, 0.15) is 6.04 Å². The van der Waals surface area contributed by atoms with E-state index in [4.69, 9.17) is 9.47 Å². The zero-order valence-corrected chi connectivity index (χ0v) is 18.9. The maximum absolute atomic E-state index is 13.7. The fourth-order valence-electron chi connectivity index (χ4n) is 3.73. The highest BCUT2D eigenvalue weighted by Gasteiger charge is 2.46. The van der Waals surface area contributed by atoms with Crippen LogP contribution in [-0.4, -0.2) is 68.1 Å². The lowest BCUT2D eigenvalue weighted by atomic mass is 9.97. The average Bonchev–Trinajstić information content (AvgIpc) is 3.33. The third-order valence-electron chi connectivity index (χ3n) is 5.40. The lowest BCUT2D eigenvalue weighted by molar-refractivity contribution is -0.195. The topological polar surface area (TPSA) is 119 Å². The third kappa shape index (κ3) is 5.49. The van der Waals surface area contributed by atoms with Crippen molar-refractivity contribution >= 4 is 24.2 Å². The Kier molecular flexibility index (Phi) is 7.72. The van der Waals surface area contributed by atoms with Crippen LogP contribution in [0.2, 0.25) is 0 Å². The summed E-state index contributed by atoms with van der Waals surface area (Å²) in [6.45, 7) is -0.975. The maximum Gasteiger partial charge on any atom is 0.250 e. The Labute approximate surface area is 202 Å². The molecule has 4 rings (SSSR count). The maximum atomic E-state index is 13.7. The number of amides is 1. The number of carbonyl (C=O) groups is 1. The molecule has 0 radical (unpaired) electrons. The molecular weight excluding hydrogens is 489 g/mol. The molecule has 9 nitrogen and oxygen atoms in total.